The summed E-state index contributed by atoms with van der Waals surface area (Å²) in [5.74, 6) is 0. The number of benzene rings is 3. The number of anilines is 1. The molecule has 0 amide bonds. The van der Waals surface area contributed by atoms with Gasteiger partial charge in [-0.05, 0) is 30.3 Å². The van der Waals surface area contributed by atoms with Crippen LogP contribution in [-0.2, 0) is 0 Å². The van der Waals surface area contributed by atoms with Gasteiger partial charge >= 0.3 is 0 Å². The van der Waals surface area contributed by atoms with Gasteiger partial charge in [0.1, 0.15) is 0 Å². The van der Waals surface area contributed by atoms with Crippen molar-refractivity contribution in [2.45, 2.75) is 0 Å². The highest BCUT2D eigenvalue weighted by Gasteiger charge is 2.23. The smallest absolute Gasteiger partial charge is 0.0993 e. The van der Waals surface area contributed by atoms with E-state index < -0.39 is 0 Å². The van der Waals surface area contributed by atoms with Crippen molar-refractivity contribution in [3.05, 3.63) is 90.0 Å². The monoisotopic (exact) mass is 325 g/mol. The van der Waals surface area contributed by atoms with Gasteiger partial charge in [0.25, 0.3) is 0 Å². The Balaban J connectivity index is 1.81. The molecule has 0 radical (unpaired) electrons. The summed E-state index contributed by atoms with van der Waals surface area (Å²) >= 11 is 0. The predicted octanol–water partition coefficient (Wildman–Crippen LogP) is 5.01. The second kappa shape index (κ2) is 6.36. The number of rotatable bonds is 3. The summed E-state index contributed by atoms with van der Waals surface area (Å²) in [5.41, 5.74) is 7.09. The lowest BCUT2D eigenvalue weighted by molar-refractivity contribution is 1.13. The Labute approximate surface area is 148 Å². The van der Waals surface area contributed by atoms with Crippen molar-refractivity contribution in [2.75, 3.05) is 19.0 Å². The molecule has 3 aromatic rings. The highest BCUT2D eigenvalue weighted by atomic mass is 15.1. The van der Waals surface area contributed by atoms with Crippen LogP contribution in [0.25, 0.3) is 0 Å². The first kappa shape index (κ1) is 15.3. The maximum atomic E-state index is 4.93. The van der Waals surface area contributed by atoms with Crippen LogP contribution in [0.1, 0.15) is 11.1 Å². The van der Waals surface area contributed by atoms with Crippen molar-refractivity contribution in [1.82, 2.24) is 0 Å². The van der Waals surface area contributed by atoms with E-state index in [9.17, 15) is 0 Å². The second-order valence-electron chi connectivity index (χ2n) is 6.21. The van der Waals surface area contributed by atoms with Crippen molar-refractivity contribution in [1.29, 1.82) is 0 Å². The molecule has 0 N–H and O–H groups in total. The molecule has 3 nitrogen and oxygen atoms in total. The van der Waals surface area contributed by atoms with Crippen LogP contribution >= 0.6 is 0 Å². The van der Waals surface area contributed by atoms with Gasteiger partial charge < -0.3 is 4.90 Å². The molecule has 0 atom stereocenters. The minimum absolute atomic E-state index is 0.929. The van der Waals surface area contributed by atoms with E-state index in [1.807, 2.05) is 62.6 Å². The number of para-hydroxylation sites is 1. The van der Waals surface area contributed by atoms with Crippen LogP contribution in [0.4, 0.5) is 17.1 Å². The van der Waals surface area contributed by atoms with Crippen molar-refractivity contribution in [3.8, 4) is 0 Å². The standard InChI is InChI=1S/C22H19N3/c1-25(2)18-14-12-17(13-15-18)23-22-19-10-6-7-11-20(19)24-21(22)16-8-4-3-5-9-16/h3-15H,1-2H3. The quantitative estimate of drug-likeness (QED) is 0.665. The summed E-state index contributed by atoms with van der Waals surface area (Å²) in [5, 5.41) is 0. The van der Waals surface area contributed by atoms with E-state index in [1.54, 1.807) is 0 Å². The summed E-state index contributed by atoms with van der Waals surface area (Å²) < 4.78 is 0. The summed E-state index contributed by atoms with van der Waals surface area (Å²) in [6, 6.07) is 26.7. The normalized spacial score (nSPS) is 14.3. The van der Waals surface area contributed by atoms with Crippen LogP contribution < -0.4 is 4.90 Å². The zero-order chi connectivity index (χ0) is 17.2. The van der Waals surface area contributed by atoms with Crippen LogP contribution in [0.5, 0.6) is 0 Å². The van der Waals surface area contributed by atoms with E-state index in [2.05, 4.69) is 35.2 Å². The lowest BCUT2D eigenvalue weighted by Gasteiger charge is -2.12. The Kier molecular flexibility index (Phi) is 3.90. The molecule has 0 unspecified atom stereocenters. The molecule has 0 aromatic heterocycles. The van der Waals surface area contributed by atoms with Crippen molar-refractivity contribution < 1.29 is 0 Å². The molecule has 1 heterocycles. The van der Waals surface area contributed by atoms with Gasteiger partial charge in [0.2, 0.25) is 0 Å². The van der Waals surface area contributed by atoms with Gasteiger partial charge in [-0.15, -0.1) is 0 Å². The number of nitrogens with zero attached hydrogens (tertiary/aromatic N) is 3. The number of hydrogen-bond donors (Lipinski definition) is 0. The fourth-order valence-corrected chi connectivity index (χ4v) is 2.94. The highest BCUT2D eigenvalue weighted by molar-refractivity contribution is 6.57. The summed E-state index contributed by atoms with van der Waals surface area (Å²) in [6.07, 6.45) is 0. The Bertz CT molecular complexity index is 952. The molecule has 3 aromatic carbocycles. The van der Waals surface area contributed by atoms with Gasteiger partial charge in [-0.2, -0.15) is 0 Å². The average molecular weight is 325 g/mol. The molecule has 4 rings (SSSR count). The molecule has 122 valence electrons. The molecule has 0 bridgehead atoms. The van der Waals surface area contributed by atoms with E-state index >= 15 is 0 Å². The fraction of sp³-hybridized carbons (Fsp3) is 0.0909. The maximum absolute atomic E-state index is 4.93. The van der Waals surface area contributed by atoms with Gasteiger partial charge in [0.05, 0.1) is 22.8 Å². The predicted molar refractivity (Wildman–Crippen MR) is 106 cm³/mol. The van der Waals surface area contributed by atoms with Crippen LogP contribution in [0.3, 0.4) is 0 Å². The number of fused-ring (bicyclic) bond motifs is 1. The molecule has 0 fully saturated rings. The fourth-order valence-electron chi connectivity index (χ4n) is 2.94. The Morgan fingerprint density at radius 1 is 0.760 bits per heavy atom. The molecule has 3 heteroatoms. The lowest BCUT2D eigenvalue weighted by atomic mass is 10.0. The second-order valence-corrected chi connectivity index (χ2v) is 6.21. The first-order valence-corrected chi connectivity index (χ1v) is 8.32. The van der Waals surface area contributed by atoms with Gasteiger partial charge in [-0.25, -0.2) is 9.98 Å². The van der Waals surface area contributed by atoms with Crippen LogP contribution in [0.15, 0.2) is 88.8 Å². The Hall–Kier alpha value is -3.20. The Morgan fingerprint density at radius 3 is 2.16 bits per heavy atom. The highest BCUT2D eigenvalue weighted by Crippen LogP contribution is 2.31. The van der Waals surface area contributed by atoms with Crippen molar-refractivity contribution in [3.63, 3.8) is 0 Å². The SMILES string of the molecule is CN(C)c1ccc(N=C2C(c3ccccc3)=Nc3ccccc32)cc1. The molecular formula is C22H19N3. The van der Waals surface area contributed by atoms with Gasteiger partial charge in [-0.1, -0.05) is 48.5 Å². The molecule has 0 saturated carbocycles. The van der Waals surface area contributed by atoms with E-state index in [0.717, 1.165) is 39.6 Å². The largest absolute Gasteiger partial charge is 0.378 e. The maximum Gasteiger partial charge on any atom is 0.0993 e. The van der Waals surface area contributed by atoms with Crippen LogP contribution in [0, 0.1) is 0 Å². The third kappa shape index (κ3) is 2.96. The Morgan fingerprint density at radius 2 is 1.44 bits per heavy atom. The first-order valence-electron chi connectivity index (χ1n) is 8.32. The molecule has 25 heavy (non-hydrogen) atoms. The number of aliphatic imine (C=N–C) groups is 2. The first-order chi connectivity index (χ1) is 12.2. The third-order valence-electron chi connectivity index (χ3n) is 4.27. The van der Waals surface area contributed by atoms with Gasteiger partial charge in [-0.3, -0.25) is 0 Å². The van der Waals surface area contributed by atoms with E-state index in [1.165, 1.54) is 0 Å². The van der Waals surface area contributed by atoms with E-state index in [-0.39, 0.29) is 0 Å². The molecular weight excluding hydrogens is 306 g/mol. The summed E-state index contributed by atoms with van der Waals surface area (Å²) in [6.45, 7) is 0. The molecule has 0 saturated heterocycles. The average Bonchev–Trinajstić information content (AvgIpc) is 3.02. The topological polar surface area (TPSA) is 28.0 Å². The van der Waals surface area contributed by atoms with Crippen molar-refractivity contribution >= 4 is 28.5 Å². The minimum atomic E-state index is 0.929. The summed E-state index contributed by atoms with van der Waals surface area (Å²) in [7, 11) is 4.07. The van der Waals surface area contributed by atoms with Gasteiger partial charge in [0, 0.05) is 30.9 Å². The number of hydrogen-bond acceptors (Lipinski definition) is 3. The van der Waals surface area contributed by atoms with Crippen LogP contribution in [-0.4, -0.2) is 25.5 Å². The van der Waals surface area contributed by atoms with Gasteiger partial charge in [0.15, 0.2) is 0 Å². The zero-order valence-corrected chi connectivity index (χ0v) is 14.3. The third-order valence-corrected chi connectivity index (χ3v) is 4.27. The molecule has 1 aliphatic heterocycles. The van der Waals surface area contributed by atoms with E-state index in [0.29, 0.717) is 0 Å². The minimum Gasteiger partial charge on any atom is -0.378 e. The lowest BCUT2D eigenvalue weighted by Crippen LogP contribution is -2.12. The van der Waals surface area contributed by atoms with Crippen molar-refractivity contribution in [2.24, 2.45) is 9.98 Å². The zero-order valence-electron chi connectivity index (χ0n) is 14.3. The van der Waals surface area contributed by atoms with E-state index in [4.69, 9.17) is 9.98 Å². The molecule has 0 aliphatic carbocycles. The molecule has 0 spiro atoms. The van der Waals surface area contributed by atoms with Crippen LogP contribution in [0.2, 0.25) is 0 Å². The molecule has 1 aliphatic rings. The summed E-state index contributed by atoms with van der Waals surface area (Å²) in [4.78, 5) is 11.8.